The molecule has 0 aliphatic heterocycles. The molecule has 1 amide bonds. The van der Waals surface area contributed by atoms with Gasteiger partial charge < -0.3 is 9.30 Å². The number of hydrogen-bond donors (Lipinski definition) is 1. The molecule has 3 rings (SSSR count). The maximum atomic E-state index is 13.7. The number of amides is 1. The number of imidazole rings is 1. The zero-order valence-corrected chi connectivity index (χ0v) is 19.8. The maximum Gasteiger partial charge on any atom is 0.337 e. The number of nitrogens with zero attached hydrogens (tertiary/aromatic N) is 6. The molecule has 0 aliphatic rings. The predicted molar refractivity (Wildman–Crippen MR) is 123 cm³/mol. The summed E-state index contributed by atoms with van der Waals surface area (Å²) < 4.78 is 6.71. The molecule has 0 fully saturated rings. The lowest BCUT2D eigenvalue weighted by atomic mass is 9.96. The molecule has 0 saturated carbocycles. The number of rotatable bonds is 9. The number of hydrogen-bond acceptors (Lipinski definition) is 7. The summed E-state index contributed by atoms with van der Waals surface area (Å²) >= 11 is 0. The highest BCUT2D eigenvalue weighted by Gasteiger charge is 2.29. The fourth-order valence-electron chi connectivity index (χ4n) is 3.46. The van der Waals surface area contributed by atoms with E-state index in [4.69, 9.17) is 4.74 Å². The average molecular weight is 454 g/mol. The zero-order valence-electron chi connectivity index (χ0n) is 19.8. The highest BCUT2D eigenvalue weighted by molar-refractivity contribution is 6.04. The second kappa shape index (κ2) is 10.4. The highest BCUT2D eigenvalue weighted by Crippen LogP contribution is 2.22. The van der Waals surface area contributed by atoms with Crippen LogP contribution >= 0.6 is 0 Å². The summed E-state index contributed by atoms with van der Waals surface area (Å²) in [5.41, 5.74) is 1.68. The van der Waals surface area contributed by atoms with Crippen LogP contribution in [0.4, 0.5) is 5.95 Å². The van der Waals surface area contributed by atoms with E-state index in [0.717, 1.165) is 30.7 Å². The first-order valence-corrected chi connectivity index (χ1v) is 11.0. The number of aromatic amines is 1. The van der Waals surface area contributed by atoms with Crippen LogP contribution in [0.1, 0.15) is 72.8 Å². The summed E-state index contributed by atoms with van der Waals surface area (Å²) in [4.78, 5) is 31.5. The van der Waals surface area contributed by atoms with Crippen LogP contribution in [0.2, 0.25) is 0 Å². The number of carbonyl (C=O) groups excluding carboxylic acids is 2. The normalized spacial score (nSPS) is 11.4. The number of benzene rings is 1. The van der Waals surface area contributed by atoms with Crippen molar-refractivity contribution in [3.05, 3.63) is 53.1 Å². The Kier molecular flexibility index (Phi) is 7.57. The first-order valence-electron chi connectivity index (χ1n) is 11.0. The van der Waals surface area contributed by atoms with Crippen molar-refractivity contribution in [1.82, 2.24) is 30.2 Å². The molecule has 10 heteroatoms. The topological polar surface area (TPSA) is 119 Å². The number of tetrazole rings is 1. The molecule has 2 aromatic heterocycles. The Hall–Kier alpha value is -3.56. The van der Waals surface area contributed by atoms with E-state index in [-0.39, 0.29) is 23.2 Å². The summed E-state index contributed by atoms with van der Waals surface area (Å²) in [5.74, 6) is 0.427. The van der Waals surface area contributed by atoms with Gasteiger partial charge in [-0.2, -0.15) is 5.21 Å². The summed E-state index contributed by atoms with van der Waals surface area (Å²) in [6.45, 7) is 9.10. The van der Waals surface area contributed by atoms with Crippen LogP contribution in [0.25, 0.3) is 0 Å². The molecule has 1 N–H and O–H groups in total. The predicted octanol–water partition coefficient (Wildman–Crippen LogP) is 3.27. The van der Waals surface area contributed by atoms with Crippen LogP contribution in [0, 0.1) is 5.41 Å². The van der Waals surface area contributed by atoms with Gasteiger partial charge in [0, 0.05) is 19.5 Å². The lowest BCUT2D eigenvalue weighted by Gasteiger charge is -2.27. The first kappa shape index (κ1) is 24.1. The van der Waals surface area contributed by atoms with Gasteiger partial charge >= 0.3 is 5.97 Å². The molecule has 10 nitrogen and oxygen atoms in total. The first-order chi connectivity index (χ1) is 15.7. The molecule has 3 aromatic rings. The van der Waals surface area contributed by atoms with Gasteiger partial charge in [-0.1, -0.05) is 51.3 Å². The van der Waals surface area contributed by atoms with Crippen LogP contribution in [0.15, 0.2) is 30.5 Å². The van der Waals surface area contributed by atoms with E-state index in [1.54, 1.807) is 18.3 Å². The van der Waals surface area contributed by atoms with Crippen LogP contribution in [-0.4, -0.2) is 55.7 Å². The van der Waals surface area contributed by atoms with Crippen molar-refractivity contribution >= 4 is 17.8 Å². The molecule has 176 valence electrons. The van der Waals surface area contributed by atoms with Gasteiger partial charge in [0.15, 0.2) is 0 Å². The summed E-state index contributed by atoms with van der Waals surface area (Å²) in [7, 11) is 1.35. The van der Waals surface area contributed by atoms with Gasteiger partial charge in [-0.15, -0.1) is 5.10 Å². The minimum Gasteiger partial charge on any atom is -0.465 e. The van der Waals surface area contributed by atoms with Gasteiger partial charge in [-0.05, 0) is 34.7 Å². The van der Waals surface area contributed by atoms with Crippen molar-refractivity contribution < 1.29 is 14.3 Å². The molecule has 33 heavy (non-hydrogen) atoms. The van der Waals surface area contributed by atoms with Gasteiger partial charge in [0.05, 0.1) is 18.9 Å². The van der Waals surface area contributed by atoms with Gasteiger partial charge in [0.1, 0.15) is 11.5 Å². The third kappa shape index (κ3) is 6.03. The Morgan fingerprint density at radius 2 is 1.91 bits per heavy atom. The van der Waals surface area contributed by atoms with Crippen molar-refractivity contribution in [1.29, 1.82) is 0 Å². The van der Waals surface area contributed by atoms with Crippen LogP contribution < -0.4 is 4.90 Å². The maximum absolute atomic E-state index is 13.7. The zero-order chi connectivity index (χ0) is 24.0. The second-order valence-corrected chi connectivity index (χ2v) is 9.10. The van der Waals surface area contributed by atoms with Gasteiger partial charge in [0.2, 0.25) is 0 Å². The molecule has 0 bridgehead atoms. The number of anilines is 1. The molecule has 0 spiro atoms. The number of carbonyl (C=O) groups is 2. The molecular formula is C23H31N7O3. The van der Waals surface area contributed by atoms with E-state index >= 15 is 0 Å². The van der Waals surface area contributed by atoms with Crippen molar-refractivity contribution in [3.8, 4) is 0 Å². The molecule has 0 atom stereocenters. The summed E-state index contributed by atoms with van der Waals surface area (Å²) in [5, 5.41) is 14.1. The Balaban J connectivity index is 1.96. The number of aromatic nitrogens is 6. The van der Waals surface area contributed by atoms with Crippen molar-refractivity contribution in [2.45, 2.75) is 53.5 Å². The van der Waals surface area contributed by atoms with Crippen molar-refractivity contribution in [3.63, 3.8) is 0 Å². The number of ether oxygens (including phenoxy) is 1. The number of aryl methyl sites for hydroxylation is 1. The smallest absolute Gasteiger partial charge is 0.337 e. The summed E-state index contributed by atoms with van der Waals surface area (Å²) in [6, 6.07) is 7.15. The van der Waals surface area contributed by atoms with E-state index in [0.29, 0.717) is 24.3 Å². The third-order valence-corrected chi connectivity index (χ3v) is 5.08. The largest absolute Gasteiger partial charge is 0.465 e. The monoisotopic (exact) mass is 453 g/mol. The molecule has 0 saturated heterocycles. The van der Waals surface area contributed by atoms with Gasteiger partial charge in [-0.25, -0.2) is 9.78 Å². The van der Waals surface area contributed by atoms with Gasteiger partial charge in [0.25, 0.3) is 11.9 Å². The molecule has 0 unspecified atom stereocenters. The Labute approximate surface area is 193 Å². The highest BCUT2D eigenvalue weighted by atomic mass is 16.5. The molecule has 2 heterocycles. The number of nitrogens with one attached hydrogen (secondary N) is 1. The molecule has 0 radical (unpaired) electrons. The standard InChI is InChI=1S/C23H31N7O3/c1-6-7-8-19-24-13-18(20(31)30(15-23(2,3)4)22-25-27-28-26-22)29(19)14-16-9-11-17(12-10-16)21(32)33-5/h9-13H,6-8,14-15H2,1-5H3,(H,25,26,27,28). The number of methoxy groups -OCH3 is 1. The number of unbranched alkanes of at least 4 members (excludes halogenated alkanes) is 1. The molecule has 1 aromatic carbocycles. The number of esters is 1. The number of H-pyrrole nitrogens is 1. The third-order valence-electron chi connectivity index (χ3n) is 5.08. The fourth-order valence-corrected chi connectivity index (χ4v) is 3.46. The lowest BCUT2D eigenvalue weighted by molar-refractivity contribution is 0.0600. The Morgan fingerprint density at radius 1 is 1.18 bits per heavy atom. The van der Waals surface area contributed by atoms with E-state index in [1.165, 1.54) is 12.0 Å². The summed E-state index contributed by atoms with van der Waals surface area (Å²) in [6.07, 6.45) is 4.35. The van der Waals surface area contributed by atoms with E-state index < -0.39 is 0 Å². The Bertz CT molecular complexity index is 1070. The van der Waals surface area contributed by atoms with Crippen molar-refractivity contribution in [2.24, 2.45) is 5.41 Å². The SMILES string of the molecule is CCCCc1ncc(C(=O)N(CC(C)(C)C)c2nn[nH]n2)n1Cc1ccc(C(=O)OC)cc1. The fraction of sp³-hybridized carbons (Fsp3) is 0.478. The van der Waals surface area contributed by atoms with Gasteiger partial charge in [-0.3, -0.25) is 9.69 Å². The van der Waals surface area contributed by atoms with E-state index in [9.17, 15) is 9.59 Å². The van der Waals surface area contributed by atoms with E-state index in [1.807, 2.05) is 37.5 Å². The minimum atomic E-state index is -0.387. The molecular weight excluding hydrogens is 422 g/mol. The Morgan fingerprint density at radius 3 is 2.48 bits per heavy atom. The van der Waals surface area contributed by atoms with Crippen molar-refractivity contribution in [2.75, 3.05) is 18.6 Å². The van der Waals surface area contributed by atoms with Crippen LogP contribution in [0.3, 0.4) is 0 Å². The quantitative estimate of drug-likeness (QED) is 0.494. The van der Waals surface area contributed by atoms with Crippen LogP contribution in [-0.2, 0) is 17.7 Å². The lowest BCUT2D eigenvalue weighted by Crippen LogP contribution is -2.39. The molecule has 0 aliphatic carbocycles. The van der Waals surface area contributed by atoms with E-state index in [2.05, 4.69) is 32.5 Å². The average Bonchev–Trinajstić information content (AvgIpc) is 3.45. The minimum absolute atomic E-state index is 0.185. The van der Waals surface area contributed by atoms with Crippen LogP contribution in [0.5, 0.6) is 0 Å². The second-order valence-electron chi connectivity index (χ2n) is 9.10.